The summed E-state index contributed by atoms with van der Waals surface area (Å²) < 4.78 is 0. The molecule has 1 aromatic heterocycles. The van der Waals surface area contributed by atoms with Crippen molar-refractivity contribution in [3.63, 3.8) is 0 Å². The second-order valence-electron chi connectivity index (χ2n) is 4.88. The molecule has 4 heteroatoms. The largest absolute Gasteiger partial charge is 0.384 e. The maximum atomic E-state index is 9.19. The van der Waals surface area contributed by atoms with Gasteiger partial charge in [-0.15, -0.1) is 0 Å². The molecule has 2 heterocycles. The van der Waals surface area contributed by atoms with Crippen LogP contribution in [0.25, 0.3) is 0 Å². The van der Waals surface area contributed by atoms with Crippen molar-refractivity contribution in [1.29, 1.82) is 5.26 Å². The van der Waals surface area contributed by atoms with Crippen LogP contribution in [0.1, 0.15) is 29.8 Å². The second-order valence-corrected chi connectivity index (χ2v) is 4.88. The molecule has 0 spiro atoms. The maximum Gasteiger partial charge on any atom is 0.103 e. The lowest BCUT2D eigenvalue weighted by Crippen LogP contribution is -2.21. The summed E-state index contributed by atoms with van der Waals surface area (Å²) in [5.41, 5.74) is 4.80. The molecule has 0 unspecified atom stereocenters. The quantitative estimate of drug-likeness (QED) is 0.811. The van der Waals surface area contributed by atoms with Crippen molar-refractivity contribution < 1.29 is 0 Å². The zero-order valence-corrected chi connectivity index (χ0v) is 11.6. The highest BCUT2D eigenvalue weighted by molar-refractivity contribution is 5.59. The minimum absolute atomic E-state index is 0.657. The topological polar surface area (TPSA) is 60.7 Å². The van der Waals surface area contributed by atoms with Crippen LogP contribution in [0, 0.1) is 25.2 Å². The van der Waals surface area contributed by atoms with Gasteiger partial charge < -0.3 is 10.6 Å². The van der Waals surface area contributed by atoms with Crippen LogP contribution in [0.5, 0.6) is 0 Å². The summed E-state index contributed by atoms with van der Waals surface area (Å²) in [4.78, 5) is 4.32. The fourth-order valence-corrected chi connectivity index (χ4v) is 2.36. The smallest absolute Gasteiger partial charge is 0.103 e. The molecule has 19 heavy (non-hydrogen) atoms. The fourth-order valence-electron chi connectivity index (χ4n) is 2.36. The molecule has 0 saturated carbocycles. The minimum Gasteiger partial charge on any atom is -0.384 e. The van der Waals surface area contributed by atoms with Gasteiger partial charge >= 0.3 is 0 Å². The van der Waals surface area contributed by atoms with Crippen LogP contribution in [0.3, 0.4) is 0 Å². The Bertz CT molecular complexity index is 526. The van der Waals surface area contributed by atoms with E-state index in [0.717, 1.165) is 49.6 Å². The molecular weight excluding hydrogens is 236 g/mol. The monoisotopic (exact) mass is 256 g/mol. The molecule has 0 aromatic carbocycles. The summed E-state index contributed by atoms with van der Waals surface area (Å²) in [5, 5.41) is 15.9. The Kier molecular flexibility index (Phi) is 4.53. The van der Waals surface area contributed by atoms with Crippen molar-refractivity contribution in [2.24, 2.45) is 0 Å². The molecule has 2 rings (SSSR count). The number of aryl methyl sites for hydroxylation is 2. The summed E-state index contributed by atoms with van der Waals surface area (Å²) >= 11 is 0. The Morgan fingerprint density at radius 2 is 2.32 bits per heavy atom. The lowest BCUT2D eigenvalue weighted by molar-refractivity contribution is 0.683. The first-order chi connectivity index (χ1) is 9.20. The van der Waals surface area contributed by atoms with E-state index < -0.39 is 0 Å². The SMILES string of the molecule is Cc1cc(NCCC2=CCNCC2)c(C#N)c(C)n1. The van der Waals surface area contributed by atoms with Crippen LogP contribution in [0.15, 0.2) is 17.7 Å². The van der Waals surface area contributed by atoms with Gasteiger partial charge in [0.25, 0.3) is 0 Å². The van der Waals surface area contributed by atoms with Gasteiger partial charge in [0.05, 0.1) is 16.9 Å². The molecule has 0 atom stereocenters. The Morgan fingerprint density at radius 3 is 3.00 bits per heavy atom. The minimum atomic E-state index is 0.657. The third kappa shape index (κ3) is 3.55. The fraction of sp³-hybridized carbons (Fsp3) is 0.467. The Hall–Kier alpha value is -1.86. The number of aromatic nitrogens is 1. The first-order valence-corrected chi connectivity index (χ1v) is 6.71. The van der Waals surface area contributed by atoms with Crippen LogP contribution < -0.4 is 10.6 Å². The normalized spacial score (nSPS) is 14.7. The lowest BCUT2D eigenvalue weighted by Gasteiger charge is -2.15. The number of hydrogen-bond acceptors (Lipinski definition) is 4. The number of rotatable bonds is 4. The van der Waals surface area contributed by atoms with Gasteiger partial charge in [0, 0.05) is 18.8 Å². The van der Waals surface area contributed by atoms with Gasteiger partial charge in [0.2, 0.25) is 0 Å². The van der Waals surface area contributed by atoms with E-state index in [1.807, 2.05) is 19.9 Å². The van der Waals surface area contributed by atoms with E-state index in [1.165, 1.54) is 5.57 Å². The van der Waals surface area contributed by atoms with E-state index in [4.69, 9.17) is 0 Å². The van der Waals surface area contributed by atoms with Crippen molar-refractivity contribution in [3.05, 3.63) is 34.7 Å². The number of hydrogen-bond donors (Lipinski definition) is 2. The van der Waals surface area contributed by atoms with Crippen molar-refractivity contribution in [2.45, 2.75) is 26.7 Å². The van der Waals surface area contributed by atoms with Crippen molar-refractivity contribution in [1.82, 2.24) is 10.3 Å². The van der Waals surface area contributed by atoms with Gasteiger partial charge in [-0.3, -0.25) is 4.98 Å². The van der Waals surface area contributed by atoms with Gasteiger partial charge in [-0.05, 0) is 39.3 Å². The van der Waals surface area contributed by atoms with Gasteiger partial charge in [-0.25, -0.2) is 0 Å². The molecule has 1 aliphatic heterocycles. The summed E-state index contributed by atoms with van der Waals surface area (Å²) in [6, 6.07) is 4.18. The summed E-state index contributed by atoms with van der Waals surface area (Å²) in [6.07, 6.45) is 4.42. The van der Waals surface area contributed by atoms with E-state index in [2.05, 4.69) is 27.8 Å². The van der Waals surface area contributed by atoms with E-state index in [1.54, 1.807) is 0 Å². The number of nitrogens with zero attached hydrogens (tertiary/aromatic N) is 2. The van der Waals surface area contributed by atoms with Gasteiger partial charge in [0.15, 0.2) is 0 Å². The van der Waals surface area contributed by atoms with Crippen molar-refractivity contribution in [2.75, 3.05) is 25.0 Å². The van der Waals surface area contributed by atoms with Crippen LogP contribution in [-0.4, -0.2) is 24.6 Å². The average molecular weight is 256 g/mol. The number of pyridine rings is 1. The van der Waals surface area contributed by atoms with E-state index in [-0.39, 0.29) is 0 Å². The van der Waals surface area contributed by atoms with Gasteiger partial charge in [0.1, 0.15) is 6.07 Å². The highest BCUT2D eigenvalue weighted by atomic mass is 14.9. The molecule has 1 aromatic rings. The van der Waals surface area contributed by atoms with E-state index in [9.17, 15) is 5.26 Å². The Morgan fingerprint density at radius 1 is 1.47 bits per heavy atom. The highest BCUT2D eigenvalue weighted by Crippen LogP contribution is 2.19. The predicted octanol–water partition coefficient (Wildman–Crippen LogP) is 2.29. The molecule has 0 amide bonds. The third-order valence-corrected chi connectivity index (χ3v) is 3.36. The Labute approximate surface area is 114 Å². The average Bonchev–Trinajstić information content (AvgIpc) is 2.39. The molecule has 0 fully saturated rings. The number of nitrogens with one attached hydrogen (secondary N) is 2. The molecule has 4 nitrogen and oxygen atoms in total. The number of nitriles is 1. The molecule has 100 valence electrons. The Balaban J connectivity index is 1.99. The summed E-state index contributed by atoms with van der Waals surface area (Å²) in [6.45, 7) is 6.75. The molecule has 2 N–H and O–H groups in total. The first-order valence-electron chi connectivity index (χ1n) is 6.71. The van der Waals surface area contributed by atoms with E-state index in [0.29, 0.717) is 5.56 Å². The standard InChI is InChI=1S/C15H20N4/c1-11-9-15(14(10-16)12(2)19-11)18-8-5-13-3-6-17-7-4-13/h3,9,17H,4-8H2,1-2H3,(H,18,19). The summed E-state index contributed by atoms with van der Waals surface area (Å²) in [7, 11) is 0. The van der Waals surface area contributed by atoms with Crippen LogP contribution in [0.4, 0.5) is 5.69 Å². The second kappa shape index (κ2) is 6.35. The van der Waals surface area contributed by atoms with Crippen LogP contribution >= 0.6 is 0 Å². The van der Waals surface area contributed by atoms with Crippen molar-refractivity contribution in [3.8, 4) is 6.07 Å². The van der Waals surface area contributed by atoms with Crippen LogP contribution in [-0.2, 0) is 0 Å². The van der Waals surface area contributed by atoms with Crippen molar-refractivity contribution >= 4 is 5.69 Å². The van der Waals surface area contributed by atoms with E-state index >= 15 is 0 Å². The zero-order chi connectivity index (χ0) is 13.7. The van der Waals surface area contributed by atoms with Gasteiger partial charge in [-0.1, -0.05) is 11.6 Å². The zero-order valence-electron chi connectivity index (χ0n) is 11.6. The highest BCUT2D eigenvalue weighted by Gasteiger charge is 2.08. The number of anilines is 1. The lowest BCUT2D eigenvalue weighted by atomic mass is 10.1. The summed E-state index contributed by atoms with van der Waals surface area (Å²) in [5.74, 6) is 0. The molecule has 0 radical (unpaired) electrons. The van der Waals surface area contributed by atoms with Gasteiger partial charge in [-0.2, -0.15) is 5.26 Å². The molecule has 0 bridgehead atoms. The molecule has 0 saturated heterocycles. The third-order valence-electron chi connectivity index (χ3n) is 3.36. The molecule has 0 aliphatic carbocycles. The van der Waals surface area contributed by atoms with Crippen LogP contribution in [0.2, 0.25) is 0 Å². The molecule has 1 aliphatic rings. The maximum absolute atomic E-state index is 9.19. The first kappa shape index (κ1) is 13.6. The molecular formula is C15H20N4. The predicted molar refractivity (Wildman–Crippen MR) is 77.1 cm³/mol.